The Morgan fingerprint density at radius 3 is 1.19 bits per heavy atom. The van der Waals surface area contributed by atoms with Crippen molar-refractivity contribution in [3.8, 4) is 0 Å². The molecule has 11 heteroatoms. The Balaban J connectivity index is 3.09. The fraction of sp³-hybridized carbons (Fsp3) is 0.969. The van der Waals surface area contributed by atoms with E-state index in [0.717, 1.165) is 13.0 Å². The summed E-state index contributed by atoms with van der Waals surface area (Å²) < 4.78 is 43.0. The minimum absolute atomic E-state index is 0.0785. The average molecular weight is 625 g/mol. The van der Waals surface area contributed by atoms with E-state index in [1.165, 1.54) is 70.6 Å². The molecule has 0 aromatic rings. The van der Waals surface area contributed by atoms with Crippen LogP contribution < -0.4 is 0 Å². The topological polar surface area (TPSA) is 131 Å². The number of hydrogen-bond acceptors (Lipinski definition) is 11. The van der Waals surface area contributed by atoms with Gasteiger partial charge in [0, 0.05) is 6.61 Å². The van der Waals surface area contributed by atoms with Crippen LogP contribution in [0.1, 0.15) is 90.4 Å². The number of hydrogen-bond donors (Lipinski definition) is 2. The second-order valence-electron chi connectivity index (χ2n) is 10.4. The first-order valence-electron chi connectivity index (χ1n) is 16.7. The molecule has 11 nitrogen and oxygen atoms in total. The third-order valence-electron chi connectivity index (χ3n) is 6.47. The molecule has 0 spiro atoms. The van der Waals surface area contributed by atoms with Crippen LogP contribution in [0, 0.1) is 0 Å². The molecule has 0 amide bonds. The van der Waals surface area contributed by atoms with Crippen molar-refractivity contribution in [3.63, 3.8) is 0 Å². The molecule has 0 rings (SSSR count). The van der Waals surface area contributed by atoms with E-state index in [2.05, 4.69) is 6.92 Å². The summed E-state index contributed by atoms with van der Waals surface area (Å²) in [5.41, 5.74) is 0. The molecule has 0 radical (unpaired) electrons. The van der Waals surface area contributed by atoms with Crippen molar-refractivity contribution < 1.29 is 52.9 Å². The number of esters is 1. The van der Waals surface area contributed by atoms with Gasteiger partial charge in [0.15, 0.2) is 0 Å². The molecule has 0 saturated carbocycles. The molecule has 0 aromatic heterocycles. The maximum absolute atomic E-state index is 11.4. The monoisotopic (exact) mass is 624 g/mol. The van der Waals surface area contributed by atoms with Gasteiger partial charge >= 0.3 is 5.97 Å². The minimum Gasteiger partial charge on any atom is -0.463 e. The standard InChI is InChI=1S/C32H64O11/c1-2-3-4-5-6-7-8-9-10-11-12-13-15-36-17-19-38-21-23-40-25-27-42-28-26-41-24-22-39-20-18-37-16-14-32(35)43-30-31(34)29-33/h31,33-34H,2-30H2,1H3. The maximum Gasteiger partial charge on any atom is 0.308 e. The average Bonchev–Trinajstić information content (AvgIpc) is 3.02. The van der Waals surface area contributed by atoms with E-state index >= 15 is 0 Å². The van der Waals surface area contributed by atoms with Crippen molar-refractivity contribution in [2.75, 3.05) is 106 Å². The minimum atomic E-state index is -1.05. The zero-order valence-electron chi connectivity index (χ0n) is 27.2. The fourth-order valence-electron chi connectivity index (χ4n) is 3.94. The second kappa shape index (κ2) is 37.3. The van der Waals surface area contributed by atoms with E-state index in [0.29, 0.717) is 79.3 Å². The van der Waals surface area contributed by atoms with E-state index in [1.807, 2.05) is 0 Å². The summed E-state index contributed by atoms with van der Waals surface area (Å²) in [6, 6.07) is 0. The van der Waals surface area contributed by atoms with Gasteiger partial charge in [-0.3, -0.25) is 4.79 Å². The molecular weight excluding hydrogens is 560 g/mol. The van der Waals surface area contributed by atoms with Gasteiger partial charge < -0.3 is 48.1 Å². The normalized spacial score (nSPS) is 12.2. The predicted molar refractivity (Wildman–Crippen MR) is 165 cm³/mol. The molecule has 0 aliphatic carbocycles. The van der Waals surface area contributed by atoms with Crippen molar-refractivity contribution in [3.05, 3.63) is 0 Å². The van der Waals surface area contributed by atoms with Crippen LogP contribution >= 0.6 is 0 Å². The zero-order chi connectivity index (χ0) is 31.3. The summed E-state index contributed by atoms with van der Waals surface area (Å²) in [5, 5.41) is 17.7. The largest absolute Gasteiger partial charge is 0.463 e. The van der Waals surface area contributed by atoms with Gasteiger partial charge in [-0.15, -0.1) is 0 Å². The number of unbranched alkanes of at least 4 members (excludes halogenated alkanes) is 11. The molecule has 0 saturated heterocycles. The van der Waals surface area contributed by atoms with Gasteiger partial charge in [0.25, 0.3) is 0 Å². The quantitative estimate of drug-likeness (QED) is 0.0765. The molecule has 2 N–H and O–H groups in total. The molecular formula is C32H64O11. The predicted octanol–water partition coefficient (Wildman–Crippen LogP) is 4.09. The number of carbonyl (C=O) groups excluding carboxylic acids is 1. The van der Waals surface area contributed by atoms with Gasteiger partial charge in [-0.05, 0) is 6.42 Å². The molecule has 258 valence electrons. The Morgan fingerprint density at radius 1 is 0.488 bits per heavy atom. The summed E-state index contributed by atoms with van der Waals surface area (Å²) in [6.45, 7) is 8.61. The van der Waals surface area contributed by atoms with Gasteiger partial charge in [0.1, 0.15) is 12.7 Å². The summed E-state index contributed by atoms with van der Waals surface area (Å²) in [5.74, 6) is -0.485. The summed E-state index contributed by atoms with van der Waals surface area (Å²) in [6.07, 6.45) is 15.3. The summed E-state index contributed by atoms with van der Waals surface area (Å²) >= 11 is 0. The van der Waals surface area contributed by atoms with E-state index < -0.39 is 18.7 Å². The van der Waals surface area contributed by atoms with Crippen LogP contribution in [-0.2, 0) is 42.7 Å². The van der Waals surface area contributed by atoms with Gasteiger partial charge in [-0.2, -0.15) is 0 Å². The van der Waals surface area contributed by atoms with E-state index in [4.69, 9.17) is 48.1 Å². The van der Waals surface area contributed by atoms with Crippen LogP contribution in [0.25, 0.3) is 0 Å². The van der Waals surface area contributed by atoms with Crippen LogP contribution in [0.4, 0.5) is 0 Å². The smallest absolute Gasteiger partial charge is 0.308 e. The lowest BCUT2D eigenvalue weighted by atomic mass is 10.1. The van der Waals surface area contributed by atoms with E-state index in [9.17, 15) is 4.79 Å². The first kappa shape index (κ1) is 42.1. The zero-order valence-corrected chi connectivity index (χ0v) is 27.2. The highest BCUT2D eigenvalue weighted by Gasteiger charge is 2.07. The second-order valence-corrected chi connectivity index (χ2v) is 10.4. The fourth-order valence-corrected chi connectivity index (χ4v) is 3.94. The van der Waals surface area contributed by atoms with Gasteiger partial charge in [0.05, 0.1) is 98.9 Å². The number of aliphatic hydroxyl groups excluding tert-OH is 2. The molecule has 0 bridgehead atoms. The van der Waals surface area contributed by atoms with Crippen molar-refractivity contribution in [1.29, 1.82) is 0 Å². The summed E-state index contributed by atoms with van der Waals surface area (Å²) in [4.78, 5) is 11.4. The Kier molecular flexibility index (Phi) is 36.5. The first-order valence-corrected chi connectivity index (χ1v) is 16.7. The van der Waals surface area contributed by atoms with Crippen LogP contribution in [0.2, 0.25) is 0 Å². The Bertz CT molecular complexity index is 539. The molecule has 1 unspecified atom stereocenters. The molecule has 43 heavy (non-hydrogen) atoms. The lowest BCUT2D eigenvalue weighted by Gasteiger charge is -2.09. The molecule has 0 aromatic carbocycles. The van der Waals surface area contributed by atoms with Crippen LogP contribution in [0.3, 0.4) is 0 Å². The van der Waals surface area contributed by atoms with Crippen molar-refractivity contribution in [2.24, 2.45) is 0 Å². The summed E-state index contributed by atoms with van der Waals surface area (Å²) in [7, 11) is 0. The lowest BCUT2D eigenvalue weighted by molar-refractivity contribution is -0.148. The molecule has 1 atom stereocenters. The highest BCUT2D eigenvalue weighted by atomic mass is 16.6. The van der Waals surface area contributed by atoms with Crippen molar-refractivity contribution in [1.82, 2.24) is 0 Å². The Labute approximate surface area is 261 Å². The number of rotatable bonds is 37. The number of ether oxygens (including phenoxy) is 8. The third kappa shape index (κ3) is 37.2. The number of aliphatic hydroxyl groups is 2. The van der Waals surface area contributed by atoms with Crippen LogP contribution in [0.15, 0.2) is 0 Å². The molecule has 0 heterocycles. The van der Waals surface area contributed by atoms with E-state index in [1.54, 1.807) is 0 Å². The van der Waals surface area contributed by atoms with E-state index in [-0.39, 0.29) is 19.6 Å². The highest BCUT2D eigenvalue weighted by Crippen LogP contribution is 2.11. The SMILES string of the molecule is CCCCCCCCCCCCCCOCCOCCOCCOCCOCCOCCOCCC(=O)OCC(O)CO. The number of carbonyl (C=O) groups is 1. The van der Waals surface area contributed by atoms with Crippen molar-refractivity contribution >= 4 is 5.97 Å². The van der Waals surface area contributed by atoms with Gasteiger partial charge in [-0.1, -0.05) is 77.6 Å². The van der Waals surface area contributed by atoms with Gasteiger partial charge in [0.2, 0.25) is 0 Å². The van der Waals surface area contributed by atoms with Crippen LogP contribution in [0.5, 0.6) is 0 Å². The van der Waals surface area contributed by atoms with Gasteiger partial charge in [-0.25, -0.2) is 0 Å². The molecule has 0 fully saturated rings. The van der Waals surface area contributed by atoms with Crippen molar-refractivity contribution in [2.45, 2.75) is 96.5 Å². The molecule has 0 aliphatic rings. The first-order chi connectivity index (χ1) is 21.2. The molecule has 0 aliphatic heterocycles. The van der Waals surface area contributed by atoms with Crippen LogP contribution in [-0.4, -0.2) is 128 Å². The Morgan fingerprint density at radius 2 is 0.814 bits per heavy atom. The highest BCUT2D eigenvalue weighted by molar-refractivity contribution is 5.69. The Hall–Kier alpha value is -0.890. The lowest BCUT2D eigenvalue weighted by Crippen LogP contribution is -2.22. The third-order valence-corrected chi connectivity index (χ3v) is 6.47. The maximum atomic E-state index is 11.4.